The molecular weight excluding hydrogens is 437 g/mol. The molecule has 5 heterocycles. The summed E-state index contributed by atoms with van der Waals surface area (Å²) >= 11 is 0. The van der Waals surface area contributed by atoms with E-state index in [4.69, 9.17) is 4.74 Å². The first-order valence-corrected chi connectivity index (χ1v) is 11.6. The zero-order valence-electron chi connectivity index (χ0n) is 19.1. The van der Waals surface area contributed by atoms with Gasteiger partial charge in [-0.3, -0.25) is 9.20 Å². The van der Waals surface area contributed by atoms with Gasteiger partial charge in [-0.2, -0.15) is 14.4 Å². The minimum atomic E-state index is -0.429. The summed E-state index contributed by atoms with van der Waals surface area (Å²) < 4.78 is 21.0. The van der Waals surface area contributed by atoms with E-state index in [0.717, 1.165) is 55.3 Å². The first-order valence-electron chi connectivity index (χ1n) is 11.6. The first-order chi connectivity index (χ1) is 16.4. The molecule has 1 amide bonds. The number of aromatic amines is 1. The van der Waals surface area contributed by atoms with Crippen LogP contribution in [0.5, 0.6) is 5.88 Å². The predicted octanol–water partition coefficient (Wildman–Crippen LogP) is 3.62. The molecule has 34 heavy (non-hydrogen) atoms. The molecule has 1 saturated carbocycles. The van der Waals surface area contributed by atoms with Gasteiger partial charge in [-0.05, 0) is 37.8 Å². The predicted molar refractivity (Wildman–Crippen MR) is 125 cm³/mol. The molecule has 2 N–H and O–H groups in total. The number of carbonyl (C=O) groups is 1. The average Bonchev–Trinajstić information content (AvgIpc) is 3.57. The van der Waals surface area contributed by atoms with Crippen LogP contribution in [-0.2, 0) is 4.79 Å². The monoisotopic (exact) mass is 463 g/mol. The van der Waals surface area contributed by atoms with Crippen molar-refractivity contribution >= 4 is 28.5 Å². The van der Waals surface area contributed by atoms with Crippen LogP contribution in [0.4, 0.5) is 10.3 Å². The summed E-state index contributed by atoms with van der Waals surface area (Å²) in [5.41, 5.74) is 2.42. The van der Waals surface area contributed by atoms with E-state index < -0.39 is 5.95 Å². The molecule has 0 atom stereocenters. The molecule has 2 aliphatic rings. The molecule has 0 unspecified atom stereocenters. The van der Waals surface area contributed by atoms with Gasteiger partial charge in [0.15, 0.2) is 0 Å². The van der Waals surface area contributed by atoms with E-state index in [1.165, 1.54) is 10.6 Å². The van der Waals surface area contributed by atoms with Crippen LogP contribution in [-0.4, -0.2) is 61.4 Å². The Morgan fingerprint density at radius 2 is 2.06 bits per heavy atom. The number of likely N-dealkylation sites (tertiary alicyclic amines) is 1. The van der Waals surface area contributed by atoms with Crippen LogP contribution >= 0.6 is 0 Å². The lowest BCUT2D eigenvalue weighted by Crippen LogP contribution is -2.53. The van der Waals surface area contributed by atoms with Gasteiger partial charge in [-0.25, -0.2) is 4.98 Å². The van der Waals surface area contributed by atoms with Crippen molar-refractivity contribution in [3.63, 3.8) is 0 Å². The Bertz CT molecular complexity index is 1400. The maximum atomic E-state index is 14.0. The summed E-state index contributed by atoms with van der Waals surface area (Å²) in [7, 11) is 1.57. The van der Waals surface area contributed by atoms with Gasteiger partial charge >= 0.3 is 0 Å². The number of nitrogens with zero attached hydrogens (tertiary/aromatic N) is 5. The zero-order chi connectivity index (χ0) is 23.4. The number of hydrogen-bond acceptors (Lipinski definition) is 6. The van der Waals surface area contributed by atoms with Crippen molar-refractivity contribution in [3.05, 3.63) is 36.7 Å². The molecule has 9 nitrogen and oxygen atoms in total. The Balaban J connectivity index is 1.25. The number of halogens is 1. The van der Waals surface area contributed by atoms with Gasteiger partial charge in [-0.1, -0.05) is 6.92 Å². The Morgan fingerprint density at radius 3 is 2.82 bits per heavy atom. The molecule has 6 rings (SSSR count). The fourth-order valence-corrected chi connectivity index (χ4v) is 5.34. The molecule has 1 saturated heterocycles. The van der Waals surface area contributed by atoms with Crippen molar-refractivity contribution < 1.29 is 13.9 Å². The number of rotatable bonds is 5. The number of hydrogen-bond donors (Lipinski definition) is 2. The van der Waals surface area contributed by atoms with Crippen LogP contribution < -0.4 is 10.1 Å². The molecule has 0 aromatic carbocycles. The molecule has 0 spiro atoms. The summed E-state index contributed by atoms with van der Waals surface area (Å²) in [5.74, 6) is 0.708. The molecule has 10 heteroatoms. The third-order valence-electron chi connectivity index (χ3n) is 7.10. The fourth-order valence-electron chi connectivity index (χ4n) is 5.34. The van der Waals surface area contributed by atoms with Crippen LogP contribution in [0.3, 0.4) is 0 Å². The number of pyridine rings is 1. The maximum Gasteiger partial charge on any atom is 0.228 e. The van der Waals surface area contributed by atoms with E-state index in [1.54, 1.807) is 19.4 Å². The Labute approximate surface area is 195 Å². The Hall–Kier alpha value is -3.69. The topological polar surface area (TPSA) is 100 Å². The highest BCUT2D eigenvalue weighted by Gasteiger charge is 2.48. The second kappa shape index (κ2) is 7.68. The van der Waals surface area contributed by atoms with E-state index in [2.05, 4.69) is 25.3 Å². The van der Waals surface area contributed by atoms with Crippen molar-refractivity contribution in [2.75, 3.05) is 25.5 Å². The lowest BCUT2D eigenvalue weighted by Gasteiger charge is -2.45. The fraction of sp³-hybridized carbons (Fsp3) is 0.417. The third kappa shape index (κ3) is 3.27. The molecule has 176 valence electrons. The van der Waals surface area contributed by atoms with Crippen LogP contribution in [0, 0.1) is 11.4 Å². The molecule has 0 bridgehead atoms. The van der Waals surface area contributed by atoms with Crippen LogP contribution in [0.2, 0.25) is 0 Å². The number of carbonyl (C=O) groups excluding carboxylic acids is 1. The van der Waals surface area contributed by atoms with Gasteiger partial charge in [0.1, 0.15) is 11.3 Å². The number of imidazole rings is 1. The zero-order valence-corrected chi connectivity index (χ0v) is 19.1. The highest BCUT2D eigenvalue weighted by molar-refractivity contribution is 5.97. The van der Waals surface area contributed by atoms with Crippen LogP contribution in [0.1, 0.15) is 32.6 Å². The lowest BCUT2D eigenvalue weighted by molar-refractivity contribution is -0.145. The van der Waals surface area contributed by atoms with Gasteiger partial charge in [-0.15, -0.1) is 0 Å². The number of anilines is 1. The molecule has 0 radical (unpaired) electrons. The van der Waals surface area contributed by atoms with Crippen molar-refractivity contribution in [1.82, 2.24) is 29.2 Å². The van der Waals surface area contributed by atoms with Crippen molar-refractivity contribution in [1.29, 1.82) is 0 Å². The van der Waals surface area contributed by atoms with Gasteiger partial charge in [0.2, 0.25) is 23.7 Å². The molecule has 4 aromatic rings. The highest BCUT2D eigenvalue weighted by atomic mass is 19.1. The molecular formula is C24H26FN7O2. The van der Waals surface area contributed by atoms with Crippen molar-refractivity contribution in [2.24, 2.45) is 5.41 Å². The summed E-state index contributed by atoms with van der Waals surface area (Å²) in [6.07, 6.45) is 8.40. The smallest absolute Gasteiger partial charge is 0.228 e. The van der Waals surface area contributed by atoms with Crippen molar-refractivity contribution in [3.8, 4) is 17.0 Å². The van der Waals surface area contributed by atoms with Crippen LogP contribution in [0.25, 0.3) is 27.8 Å². The quantitative estimate of drug-likeness (QED) is 0.469. The Kier molecular flexibility index (Phi) is 4.72. The normalized spacial score (nSPS) is 22.3. The van der Waals surface area contributed by atoms with Gasteiger partial charge in [0, 0.05) is 42.7 Å². The van der Waals surface area contributed by atoms with E-state index >= 15 is 0 Å². The van der Waals surface area contributed by atoms with E-state index in [0.29, 0.717) is 23.1 Å². The number of amides is 1. The second-order valence-electron chi connectivity index (χ2n) is 9.52. The van der Waals surface area contributed by atoms with Crippen molar-refractivity contribution in [2.45, 2.75) is 38.6 Å². The van der Waals surface area contributed by atoms with Gasteiger partial charge in [0.25, 0.3) is 0 Å². The maximum absolute atomic E-state index is 14.0. The number of H-pyrrole nitrogens is 1. The molecule has 1 aliphatic heterocycles. The summed E-state index contributed by atoms with van der Waals surface area (Å²) in [6.45, 7) is 3.80. The highest BCUT2D eigenvalue weighted by Crippen LogP contribution is 2.44. The molecule has 2 fully saturated rings. The molecule has 4 aromatic heterocycles. The number of aromatic nitrogens is 5. The average molecular weight is 464 g/mol. The van der Waals surface area contributed by atoms with E-state index in [9.17, 15) is 9.18 Å². The van der Waals surface area contributed by atoms with E-state index in [1.807, 2.05) is 24.1 Å². The van der Waals surface area contributed by atoms with E-state index in [-0.39, 0.29) is 17.4 Å². The minimum absolute atomic E-state index is 0.125. The largest absolute Gasteiger partial charge is 0.480 e. The lowest BCUT2D eigenvalue weighted by atomic mass is 9.66. The Morgan fingerprint density at radius 1 is 1.26 bits per heavy atom. The SMILES string of the molecule is COc1nc(N[C@H]2C[C@](C)(C(=O)N3CCCC3)C2)nc2[nH]cc(-c3ccc4ncc(F)n4c3)c12. The summed E-state index contributed by atoms with van der Waals surface area (Å²) in [4.78, 5) is 31.3. The summed E-state index contributed by atoms with van der Waals surface area (Å²) in [5, 5.41) is 4.09. The second-order valence-corrected chi connectivity index (χ2v) is 9.52. The number of ether oxygens (including phenoxy) is 1. The number of methoxy groups -OCH3 is 1. The standard InChI is InChI=1S/C24H26FN7O2/c1-24(22(33)31-7-3-4-8-31)9-15(10-24)28-23-29-20-19(21(30-23)34-2)16(11-27-20)14-5-6-18-26-12-17(25)32(18)13-14/h5-6,11-13,15H,3-4,7-10H2,1-2H3,(H2,27,28,29,30)/t15-,24-. The number of fused-ring (bicyclic) bond motifs is 2. The molecule has 1 aliphatic carbocycles. The minimum Gasteiger partial charge on any atom is -0.480 e. The van der Waals surface area contributed by atoms with Crippen LogP contribution in [0.15, 0.2) is 30.7 Å². The third-order valence-corrected chi connectivity index (χ3v) is 7.10. The summed E-state index contributed by atoms with van der Waals surface area (Å²) in [6, 6.07) is 3.76. The van der Waals surface area contributed by atoms with Gasteiger partial charge in [0.05, 0.1) is 24.1 Å². The first kappa shape index (κ1) is 20.9. The van der Waals surface area contributed by atoms with Gasteiger partial charge < -0.3 is 19.9 Å². The number of nitrogens with one attached hydrogen (secondary N) is 2.